The fourth-order valence-corrected chi connectivity index (χ4v) is 2.85. The van der Waals surface area contributed by atoms with Crippen LogP contribution in [0.3, 0.4) is 0 Å². The average Bonchev–Trinajstić information content (AvgIpc) is 2.45. The standard InChI is InChI=1S/C12H22BrN3/c1-9(2)14-7-6-12(3,4)11-10(13)8-15-16(11)5/h8-9,14H,6-7H2,1-5H3. The summed E-state index contributed by atoms with van der Waals surface area (Å²) in [6.45, 7) is 9.90. The van der Waals surface area contributed by atoms with Crippen LogP contribution in [0.15, 0.2) is 10.7 Å². The van der Waals surface area contributed by atoms with E-state index >= 15 is 0 Å². The zero-order valence-corrected chi connectivity index (χ0v) is 12.4. The molecule has 1 aromatic heterocycles. The first-order chi connectivity index (χ1) is 7.34. The molecule has 16 heavy (non-hydrogen) atoms. The third kappa shape index (κ3) is 3.32. The molecule has 0 amide bonds. The van der Waals surface area contributed by atoms with E-state index in [0.29, 0.717) is 6.04 Å². The van der Waals surface area contributed by atoms with Gasteiger partial charge in [0.2, 0.25) is 0 Å². The van der Waals surface area contributed by atoms with Crippen LogP contribution >= 0.6 is 15.9 Å². The first-order valence-corrected chi connectivity index (χ1v) is 6.55. The molecule has 1 rings (SSSR count). The van der Waals surface area contributed by atoms with Crippen molar-refractivity contribution in [2.24, 2.45) is 7.05 Å². The molecular weight excluding hydrogens is 266 g/mol. The lowest BCUT2D eigenvalue weighted by Crippen LogP contribution is -2.31. The Morgan fingerprint density at radius 3 is 2.56 bits per heavy atom. The Bertz CT molecular complexity index is 323. The molecule has 0 aliphatic heterocycles. The SMILES string of the molecule is CC(C)NCCC(C)(C)c1c(Br)cnn1C. The maximum Gasteiger partial charge on any atom is 0.0635 e. The molecule has 0 saturated heterocycles. The van der Waals surface area contributed by atoms with Crippen LogP contribution in [-0.2, 0) is 12.5 Å². The molecule has 0 fully saturated rings. The molecule has 0 aliphatic rings. The third-order valence-electron chi connectivity index (χ3n) is 2.84. The number of aryl methyl sites for hydroxylation is 1. The van der Waals surface area contributed by atoms with Crippen molar-refractivity contribution in [3.8, 4) is 0 Å². The van der Waals surface area contributed by atoms with Crippen molar-refractivity contribution in [3.63, 3.8) is 0 Å². The summed E-state index contributed by atoms with van der Waals surface area (Å²) in [5, 5.41) is 7.73. The van der Waals surface area contributed by atoms with Gasteiger partial charge in [0.25, 0.3) is 0 Å². The Kier molecular flexibility index (Phi) is 4.56. The first-order valence-electron chi connectivity index (χ1n) is 5.76. The molecule has 0 aromatic carbocycles. The molecule has 1 aromatic rings. The number of halogens is 1. The molecule has 4 heteroatoms. The Morgan fingerprint density at radius 2 is 2.12 bits per heavy atom. The van der Waals surface area contributed by atoms with Gasteiger partial charge in [0.05, 0.1) is 16.4 Å². The fourth-order valence-electron chi connectivity index (χ4n) is 1.96. The Morgan fingerprint density at radius 1 is 1.50 bits per heavy atom. The van der Waals surface area contributed by atoms with E-state index in [1.807, 2.05) is 17.9 Å². The van der Waals surface area contributed by atoms with Crippen molar-refractivity contribution in [2.75, 3.05) is 6.54 Å². The minimum Gasteiger partial charge on any atom is -0.314 e. The molecule has 0 spiro atoms. The van der Waals surface area contributed by atoms with Crippen molar-refractivity contribution in [2.45, 2.75) is 45.6 Å². The molecular formula is C12H22BrN3. The summed E-state index contributed by atoms with van der Waals surface area (Å²) in [4.78, 5) is 0. The van der Waals surface area contributed by atoms with E-state index < -0.39 is 0 Å². The highest BCUT2D eigenvalue weighted by Crippen LogP contribution is 2.31. The summed E-state index contributed by atoms with van der Waals surface area (Å²) in [5.74, 6) is 0. The van der Waals surface area contributed by atoms with Crippen LogP contribution in [0.1, 0.15) is 39.8 Å². The van der Waals surface area contributed by atoms with Crippen LogP contribution in [0, 0.1) is 0 Å². The van der Waals surface area contributed by atoms with Crippen LogP contribution < -0.4 is 5.32 Å². The summed E-state index contributed by atoms with van der Waals surface area (Å²) in [6.07, 6.45) is 2.97. The number of nitrogens with one attached hydrogen (secondary N) is 1. The van der Waals surface area contributed by atoms with Gasteiger partial charge in [-0.1, -0.05) is 27.7 Å². The van der Waals surface area contributed by atoms with Gasteiger partial charge in [-0.25, -0.2) is 0 Å². The average molecular weight is 288 g/mol. The van der Waals surface area contributed by atoms with E-state index in [1.165, 1.54) is 5.69 Å². The normalized spacial score (nSPS) is 12.4. The van der Waals surface area contributed by atoms with Gasteiger partial charge in [0.1, 0.15) is 0 Å². The lowest BCUT2D eigenvalue weighted by atomic mass is 9.85. The largest absolute Gasteiger partial charge is 0.314 e. The summed E-state index contributed by atoms with van der Waals surface area (Å²) >= 11 is 3.57. The monoisotopic (exact) mass is 287 g/mol. The minimum absolute atomic E-state index is 0.131. The molecule has 0 aliphatic carbocycles. The van der Waals surface area contributed by atoms with Gasteiger partial charge >= 0.3 is 0 Å². The maximum absolute atomic E-state index is 4.28. The summed E-state index contributed by atoms with van der Waals surface area (Å²) in [7, 11) is 2.00. The van der Waals surface area contributed by atoms with E-state index in [2.05, 4.69) is 54.0 Å². The van der Waals surface area contributed by atoms with Crippen LogP contribution in [-0.4, -0.2) is 22.4 Å². The predicted octanol–water partition coefficient (Wildman–Crippen LogP) is 2.85. The van der Waals surface area contributed by atoms with E-state index in [-0.39, 0.29) is 5.41 Å². The zero-order valence-electron chi connectivity index (χ0n) is 10.8. The number of nitrogens with zero attached hydrogens (tertiary/aromatic N) is 2. The predicted molar refractivity (Wildman–Crippen MR) is 71.7 cm³/mol. The zero-order chi connectivity index (χ0) is 12.3. The van der Waals surface area contributed by atoms with Gasteiger partial charge in [-0.15, -0.1) is 0 Å². The Balaban J connectivity index is 2.70. The minimum atomic E-state index is 0.131. The highest BCUT2D eigenvalue weighted by atomic mass is 79.9. The van der Waals surface area contributed by atoms with Crippen LogP contribution in [0.2, 0.25) is 0 Å². The summed E-state index contributed by atoms with van der Waals surface area (Å²) < 4.78 is 3.06. The third-order valence-corrected chi connectivity index (χ3v) is 3.42. The summed E-state index contributed by atoms with van der Waals surface area (Å²) in [6, 6.07) is 0.547. The van der Waals surface area contributed by atoms with Gasteiger partial charge in [0, 0.05) is 18.5 Å². The maximum atomic E-state index is 4.28. The number of rotatable bonds is 5. The lowest BCUT2D eigenvalue weighted by Gasteiger charge is -2.26. The first kappa shape index (κ1) is 13.7. The number of aromatic nitrogens is 2. The molecule has 3 nitrogen and oxygen atoms in total. The quantitative estimate of drug-likeness (QED) is 0.903. The fraction of sp³-hybridized carbons (Fsp3) is 0.750. The van der Waals surface area contributed by atoms with Gasteiger partial charge in [0.15, 0.2) is 0 Å². The van der Waals surface area contributed by atoms with E-state index in [1.54, 1.807) is 0 Å². The van der Waals surface area contributed by atoms with Crippen LogP contribution in [0.5, 0.6) is 0 Å². The lowest BCUT2D eigenvalue weighted by molar-refractivity contribution is 0.413. The van der Waals surface area contributed by atoms with Gasteiger partial charge in [-0.3, -0.25) is 4.68 Å². The molecule has 1 heterocycles. The van der Waals surface area contributed by atoms with E-state index in [9.17, 15) is 0 Å². The van der Waals surface area contributed by atoms with Crippen molar-refractivity contribution >= 4 is 15.9 Å². The van der Waals surface area contributed by atoms with Gasteiger partial charge in [-0.2, -0.15) is 5.10 Å². The summed E-state index contributed by atoms with van der Waals surface area (Å²) in [5.41, 5.74) is 1.39. The molecule has 0 radical (unpaired) electrons. The Hall–Kier alpha value is -0.350. The van der Waals surface area contributed by atoms with E-state index in [0.717, 1.165) is 17.4 Å². The van der Waals surface area contributed by atoms with Crippen LogP contribution in [0.25, 0.3) is 0 Å². The van der Waals surface area contributed by atoms with Crippen molar-refractivity contribution in [1.82, 2.24) is 15.1 Å². The molecule has 0 unspecified atom stereocenters. The topological polar surface area (TPSA) is 29.9 Å². The molecule has 92 valence electrons. The molecule has 0 saturated carbocycles. The van der Waals surface area contributed by atoms with Gasteiger partial charge < -0.3 is 5.32 Å². The van der Waals surface area contributed by atoms with E-state index in [4.69, 9.17) is 0 Å². The van der Waals surface area contributed by atoms with Crippen molar-refractivity contribution in [3.05, 3.63) is 16.4 Å². The van der Waals surface area contributed by atoms with Crippen LogP contribution in [0.4, 0.5) is 0 Å². The number of hydrogen-bond acceptors (Lipinski definition) is 2. The van der Waals surface area contributed by atoms with Crippen molar-refractivity contribution in [1.29, 1.82) is 0 Å². The second kappa shape index (κ2) is 5.32. The second-order valence-corrected chi connectivity index (χ2v) is 6.06. The highest BCUT2D eigenvalue weighted by Gasteiger charge is 2.26. The van der Waals surface area contributed by atoms with Crippen molar-refractivity contribution < 1.29 is 0 Å². The molecule has 0 atom stereocenters. The molecule has 0 bridgehead atoms. The highest BCUT2D eigenvalue weighted by molar-refractivity contribution is 9.10. The number of hydrogen-bond donors (Lipinski definition) is 1. The Labute approximate surface area is 107 Å². The molecule has 1 N–H and O–H groups in total. The smallest absolute Gasteiger partial charge is 0.0635 e. The second-order valence-electron chi connectivity index (χ2n) is 5.21. The van der Waals surface area contributed by atoms with Gasteiger partial charge in [-0.05, 0) is 28.9 Å².